The number of aromatic nitrogens is 1. The van der Waals surface area contributed by atoms with E-state index in [0.29, 0.717) is 0 Å². The van der Waals surface area contributed by atoms with Crippen molar-refractivity contribution in [3.63, 3.8) is 0 Å². The lowest BCUT2D eigenvalue weighted by Crippen LogP contribution is -2.28. The Kier molecular flexibility index (Phi) is 11.6. The molecule has 0 N–H and O–H groups in total. The average Bonchev–Trinajstić information content (AvgIpc) is 3.90. The summed E-state index contributed by atoms with van der Waals surface area (Å²) < 4.78 is 2.46. The van der Waals surface area contributed by atoms with E-state index in [2.05, 4.69) is 286 Å². The highest BCUT2D eigenvalue weighted by atomic mass is 15.0. The lowest BCUT2D eigenvalue weighted by atomic mass is 9.68. The molecular formula is C68H53N. The molecule has 330 valence electrons. The summed E-state index contributed by atoms with van der Waals surface area (Å²) in [6.45, 7) is 6.41. The number of para-hydroxylation sites is 1. The van der Waals surface area contributed by atoms with Crippen molar-refractivity contribution in [1.29, 1.82) is 0 Å². The van der Waals surface area contributed by atoms with Gasteiger partial charge in [0, 0.05) is 16.5 Å². The second-order valence-electron chi connectivity index (χ2n) is 18.2. The second kappa shape index (κ2) is 18.6. The number of nitrogens with zero attached hydrogens (tertiary/aromatic N) is 1. The van der Waals surface area contributed by atoms with E-state index in [1.54, 1.807) is 0 Å². The number of benzene rings is 11. The van der Waals surface area contributed by atoms with E-state index in [1.165, 1.54) is 111 Å². The van der Waals surface area contributed by atoms with Gasteiger partial charge in [-0.15, -0.1) is 0 Å². The van der Waals surface area contributed by atoms with Gasteiger partial charge in [0.05, 0.1) is 16.4 Å². The van der Waals surface area contributed by atoms with Crippen molar-refractivity contribution in [2.75, 3.05) is 0 Å². The minimum Gasteiger partial charge on any atom is -0.309 e. The van der Waals surface area contributed by atoms with E-state index in [9.17, 15) is 0 Å². The molecule has 69 heavy (non-hydrogen) atoms. The zero-order valence-corrected chi connectivity index (χ0v) is 39.4. The Morgan fingerprint density at radius 1 is 0.304 bits per heavy atom. The molecule has 1 nitrogen and oxygen atoms in total. The van der Waals surface area contributed by atoms with Crippen LogP contribution in [0.1, 0.15) is 38.9 Å². The van der Waals surface area contributed by atoms with Crippen molar-refractivity contribution in [2.45, 2.75) is 26.2 Å². The van der Waals surface area contributed by atoms with Gasteiger partial charge in [0.15, 0.2) is 0 Å². The monoisotopic (exact) mass is 883 g/mol. The first-order valence-electron chi connectivity index (χ1n) is 24.0. The maximum Gasteiger partial charge on any atom is 0.0713 e. The molecule has 13 rings (SSSR count). The number of hydrogen-bond acceptors (Lipinski definition) is 0. The van der Waals surface area contributed by atoms with Crippen LogP contribution in [0.4, 0.5) is 0 Å². The zero-order valence-electron chi connectivity index (χ0n) is 39.4. The van der Waals surface area contributed by atoms with E-state index in [1.807, 2.05) is 6.07 Å². The molecule has 0 aliphatic heterocycles. The Bertz CT molecular complexity index is 3690. The topological polar surface area (TPSA) is 4.93 Å². The molecule has 0 radical (unpaired) electrons. The Hall–Kier alpha value is -8.52. The van der Waals surface area contributed by atoms with Gasteiger partial charge in [-0.1, -0.05) is 254 Å². The van der Waals surface area contributed by atoms with Crippen LogP contribution in [0, 0.1) is 20.8 Å². The summed E-state index contributed by atoms with van der Waals surface area (Å²) in [7, 11) is 0. The summed E-state index contributed by atoms with van der Waals surface area (Å²) in [4.78, 5) is 0. The molecule has 1 heteroatoms. The molecule has 1 heterocycles. The minimum absolute atomic E-state index is 0.397. The predicted octanol–water partition coefficient (Wildman–Crippen LogP) is 17.9. The Labute approximate surface area is 406 Å². The molecule has 0 unspecified atom stereocenters. The molecule has 0 bridgehead atoms. The lowest BCUT2D eigenvalue weighted by Gasteiger charge is -2.33. The van der Waals surface area contributed by atoms with Gasteiger partial charge in [0.2, 0.25) is 0 Å². The van der Waals surface area contributed by atoms with Crippen molar-refractivity contribution in [3.8, 4) is 39.1 Å². The smallest absolute Gasteiger partial charge is 0.0713 e. The van der Waals surface area contributed by atoms with Crippen molar-refractivity contribution >= 4 is 32.6 Å². The lowest BCUT2D eigenvalue weighted by molar-refractivity contribution is 0.768. The van der Waals surface area contributed by atoms with Gasteiger partial charge in [-0.2, -0.15) is 0 Å². The van der Waals surface area contributed by atoms with Crippen molar-refractivity contribution in [3.05, 3.63) is 306 Å². The van der Waals surface area contributed by atoms with Crippen LogP contribution < -0.4 is 0 Å². The Balaban J connectivity index is 0.000000175. The Morgan fingerprint density at radius 2 is 0.841 bits per heavy atom. The minimum atomic E-state index is -0.397. The summed E-state index contributed by atoms with van der Waals surface area (Å²) in [6, 6.07) is 96.5. The molecule has 1 aliphatic rings. The van der Waals surface area contributed by atoms with E-state index in [4.69, 9.17) is 0 Å². The SMILES string of the molecule is Cc1ccc(-c2ccccc2)cc1.Cc1cccc(-c2ccc3c4ccccc4n(-c4ccc5c(c4)-c4ccccc4C5(c4ccccc4)c4ccccc4)c3c2)c1.Cc1cccc2ccccc12. The highest BCUT2D eigenvalue weighted by Crippen LogP contribution is 2.56. The fourth-order valence-electron chi connectivity index (χ4n) is 10.6. The molecule has 1 aromatic heterocycles. The van der Waals surface area contributed by atoms with Gasteiger partial charge in [-0.05, 0) is 117 Å². The molecule has 12 aromatic rings. The largest absolute Gasteiger partial charge is 0.309 e. The van der Waals surface area contributed by atoms with Gasteiger partial charge >= 0.3 is 0 Å². The first kappa shape index (κ1) is 43.1. The number of hydrogen-bond donors (Lipinski definition) is 0. The standard InChI is InChI=1S/C44H31N.C13H12.C11H10/c1-30-13-12-14-31(27-30)32-23-25-38-37-20-9-11-22-42(37)45(43(38)28-32)35-24-26-41-39(29-35)36-19-8-10-21-40(36)44(41,33-15-4-2-5-16-33)34-17-6-3-7-18-34;1-11-7-9-13(10-8-11)12-5-3-2-4-6-12;1-9-5-4-7-10-6-2-3-8-11(9)10/h2-29H,1H3;2-10H,1H3;2-8H,1H3. The molecular weight excluding hydrogens is 831 g/mol. The Morgan fingerprint density at radius 3 is 1.57 bits per heavy atom. The molecule has 0 spiro atoms. The maximum absolute atomic E-state index is 2.46. The van der Waals surface area contributed by atoms with Crippen LogP contribution in [0.2, 0.25) is 0 Å². The molecule has 1 aliphatic carbocycles. The third-order valence-electron chi connectivity index (χ3n) is 13.9. The van der Waals surface area contributed by atoms with E-state index in [0.717, 1.165) is 0 Å². The fraction of sp³-hybridized carbons (Fsp3) is 0.0588. The average molecular weight is 884 g/mol. The summed E-state index contributed by atoms with van der Waals surface area (Å²) in [5.74, 6) is 0. The highest BCUT2D eigenvalue weighted by Gasteiger charge is 2.46. The van der Waals surface area contributed by atoms with Crippen molar-refractivity contribution < 1.29 is 0 Å². The van der Waals surface area contributed by atoms with Crippen LogP contribution in [0.15, 0.2) is 267 Å². The molecule has 0 amide bonds. The van der Waals surface area contributed by atoms with Gasteiger partial charge in [-0.3, -0.25) is 0 Å². The van der Waals surface area contributed by atoms with Crippen LogP contribution in [0.3, 0.4) is 0 Å². The third kappa shape index (κ3) is 8.03. The highest BCUT2D eigenvalue weighted by molar-refractivity contribution is 6.10. The molecule has 0 atom stereocenters. The van der Waals surface area contributed by atoms with E-state index < -0.39 is 5.41 Å². The molecule has 0 fully saturated rings. The van der Waals surface area contributed by atoms with Gasteiger partial charge in [0.25, 0.3) is 0 Å². The number of fused-ring (bicyclic) bond motifs is 7. The zero-order chi connectivity index (χ0) is 46.7. The quantitative estimate of drug-likeness (QED) is 0.162. The maximum atomic E-state index is 2.46. The molecule has 11 aromatic carbocycles. The van der Waals surface area contributed by atoms with E-state index >= 15 is 0 Å². The van der Waals surface area contributed by atoms with Gasteiger partial charge in [-0.25, -0.2) is 0 Å². The van der Waals surface area contributed by atoms with E-state index in [-0.39, 0.29) is 0 Å². The normalized spacial score (nSPS) is 12.1. The third-order valence-corrected chi connectivity index (χ3v) is 13.9. The molecule has 0 saturated carbocycles. The fourth-order valence-corrected chi connectivity index (χ4v) is 10.6. The first-order chi connectivity index (χ1) is 34.0. The summed E-state index contributed by atoms with van der Waals surface area (Å²) in [5.41, 5.74) is 20.0. The summed E-state index contributed by atoms with van der Waals surface area (Å²) in [6.07, 6.45) is 0. The van der Waals surface area contributed by atoms with Gasteiger partial charge < -0.3 is 4.57 Å². The first-order valence-corrected chi connectivity index (χ1v) is 24.0. The second-order valence-corrected chi connectivity index (χ2v) is 18.2. The predicted molar refractivity (Wildman–Crippen MR) is 294 cm³/mol. The van der Waals surface area contributed by atoms with Crippen LogP contribution in [-0.2, 0) is 5.41 Å². The summed E-state index contributed by atoms with van der Waals surface area (Å²) in [5, 5.41) is 5.22. The number of rotatable bonds is 5. The van der Waals surface area contributed by atoms with Crippen LogP contribution in [0.5, 0.6) is 0 Å². The van der Waals surface area contributed by atoms with Crippen LogP contribution >= 0.6 is 0 Å². The van der Waals surface area contributed by atoms with Crippen molar-refractivity contribution in [2.24, 2.45) is 0 Å². The van der Waals surface area contributed by atoms with Crippen LogP contribution in [-0.4, -0.2) is 4.57 Å². The summed E-state index contributed by atoms with van der Waals surface area (Å²) >= 11 is 0. The molecule has 0 saturated heterocycles. The number of aryl methyl sites for hydroxylation is 3. The van der Waals surface area contributed by atoms with Crippen molar-refractivity contribution in [1.82, 2.24) is 4.57 Å². The van der Waals surface area contributed by atoms with Crippen LogP contribution in [0.25, 0.3) is 71.6 Å². The van der Waals surface area contributed by atoms with Gasteiger partial charge in [0.1, 0.15) is 0 Å².